The third-order valence-electron chi connectivity index (χ3n) is 8.53. The summed E-state index contributed by atoms with van der Waals surface area (Å²) in [6, 6.07) is 0. The van der Waals surface area contributed by atoms with Crippen LogP contribution in [0.25, 0.3) is 0 Å². The minimum atomic E-state index is 0.794. The first-order valence-electron chi connectivity index (χ1n) is 9.82. The first-order valence-corrected chi connectivity index (χ1v) is 9.82. The van der Waals surface area contributed by atoms with Crippen molar-refractivity contribution in [3.8, 4) is 0 Å². The third-order valence-corrected chi connectivity index (χ3v) is 8.53. The van der Waals surface area contributed by atoms with Crippen molar-refractivity contribution >= 4 is 0 Å². The lowest BCUT2D eigenvalue weighted by Crippen LogP contribution is -2.40. The zero-order chi connectivity index (χ0) is 14.7. The first-order chi connectivity index (χ1) is 10.1. The third kappa shape index (κ3) is 1.93. The largest absolute Gasteiger partial charge is 0.0993 e. The van der Waals surface area contributed by atoms with E-state index in [1.165, 1.54) is 25.7 Å². The number of hydrogen-bond donors (Lipinski definition) is 0. The van der Waals surface area contributed by atoms with Crippen LogP contribution in [-0.2, 0) is 0 Å². The van der Waals surface area contributed by atoms with Gasteiger partial charge in [-0.05, 0) is 72.5 Å². The van der Waals surface area contributed by atoms with Gasteiger partial charge in [0.05, 0.1) is 0 Å². The summed E-state index contributed by atoms with van der Waals surface area (Å²) in [7, 11) is 0. The van der Waals surface area contributed by atoms with Crippen LogP contribution in [0, 0.1) is 53.3 Å². The highest BCUT2D eigenvalue weighted by Gasteiger charge is 2.58. The summed E-state index contributed by atoms with van der Waals surface area (Å²) in [6.07, 6.45) is 10.6. The molecule has 0 heterocycles. The molecular formula is C21H34. The maximum atomic E-state index is 4.61. The van der Waals surface area contributed by atoms with Gasteiger partial charge in [0.25, 0.3) is 0 Å². The van der Waals surface area contributed by atoms with E-state index in [9.17, 15) is 0 Å². The molecule has 4 aliphatic rings. The molecule has 4 aliphatic carbocycles. The molecule has 0 amide bonds. The number of hydrogen-bond acceptors (Lipinski definition) is 0. The fourth-order valence-electron chi connectivity index (χ4n) is 7.71. The van der Waals surface area contributed by atoms with E-state index in [-0.39, 0.29) is 0 Å². The molecular weight excluding hydrogens is 252 g/mol. The quantitative estimate of drug-likeness (QED) is 0.524. The van der Waals surface area contributed by atoms with Crippen LogP contribution in [0.4, 0.5) is 0 Å². The van der Waals surface area contributed by atoms with Crippen LogP contribution in [0.3, 0.4) is 0 Å². The molecule has 0 nitrogen and oxygen atoms in total. The number of rotatable bonds is 1. The molecule has 0 aromatic rings. The second-order valence-electron chi connectivity index (χ2n) is 9.00. The second-order valence-corrected chi connectivity index (χ2v) is 9.00. The smallest absolute Gasteiger partial charge is 0.0138 e. The molecule has 0 saturated heterocycles. The van der Waals surface area contributed by atoms with E-state index in [1.54, 1.807) is 24.8 Å². The zero-order valence-electron chi connectivity index (χ0n) is 14.4. The van der Waals surface area contributed by atoms with Crippen molar-refractivity contribution in [3.05, 3.63) is 12.2 Å². The maximum Gasteiger partial charge on any atom is -0.0138 e. The summed E-state index contributed by atoms with van der Waals surface area (Å²) in [4.78, 5) is 0. The highest BCUT2D eigenvalue weighted by atomic mass is 14.6. The Morgan fingerprint density at radius 2 is 1.76 bits per heavy atom. The molecule has 118 valence electrons. The topological polar surface area (TPSA) is 0 Å². The zero-order valence-corrected chi connectivity index (χ0v) is 14.4. The standard InChI is InChI=1S/C21H34/c1-5-17-12(2)13(3)21-19(17)11-16-10-15-8-6-7-9-18(15)14(4)20(16)21/h12,14-21H,3,5-11H2,1-2,4H3/t12?,14?,15-,16?,17?,18+,19?,20?,21?/m1/s1. The summed E-state index contributed by atoms with van der Waals surface area (Å²) in [6.45, 7) is 12.1. The summed E-state index contributed by atoms with van der Waals surface area (Å²) >= 11 is 0. The average Bonchev–Trinajstić information content (AvgIpc) is 2.96. The monoisotopic (exact) mass is 286 g/mol. The average molecular weight is 287 g/mol. The van der Waals surface area contributed by atoms with Crippen molar-refractivity contribution in [2.24, 2.45) is 53.3 Å². The van der Waals surface area contributed by atoms with Crippen molar-refractivity contribution in [1.29, 1.82) is 0 Å². The van der Waals surface area contributed by atoms with Gasteiger partial charge in [0.1, 0.15) is 0 Å². The fraction of sp³-hybridized carbons (Fsp3) is 0.905. The van der Waals surface area contributed by atoms with Gasteiger partial charge in [0, 0.05) is 0 Å². The Morgan fingerprint density at radius 1 is 1.00 bits per heavy atom. The molecule has 7 unspecified atom stereocenters. The van der Waals surface area contributed by atoms with E-state index >= 15 is 0 Å². The Hall–Kier alpha value is -0.260. The van der Waals surface area contributed by atoms with Crippen LogP contribution >= 0.6 is 0 Å². The molecule has 0 aromatic heterocycles. The predicted octanol–water partition coefficient (Wildman–Crippen LogP) is 5.93. The first kappa shape index (κ1) is 14.3. The van der Waals surface area contributed by atoms with Crippen molar-refractivity contribution in [2.45, 2.75) is 65.7 Å². The fourth-order valence-corrected chi connectivity index (χ4v) is 7.71. The van der Waals surface area contributed by atoms with Crippen molar-refractivity contribution in [1.82, 2.24) is 0 Å². The van der Waals surface area contributed by atoms with Crippen LogP contribution in [0.1, 0.15) is 65.7 Å². The van der Waals surface area contributed by atoms with Crippen LogP contribution in [0.5, 0.6) is 0 Å². The summed E-state index contributed by atoms with van der Waals surface area (Å²) in [5, 5.41) is 0. The lowest BCUT2D eigenvalue weighted by Gasteiger charge is -2.48. The van der Waals surface area contributed by atoms with E-state index in [0.29, 0.717) is 0 Å². The SMILES string of the molecule is C=C1C(C)C(CC)C2CC3C[C@H]4CCCC[C@H]4C(C)C3C12. The van der Waals surface area contributed by atoms with Gasteiger partial charge in [-0.25, -0.2) is 0 Å². The van der Waals surface area contributed by atoms with Gasteiger partial charge in [-0.2, -0.15) is 0 Å². The van der Waals surface area contributed by atoms with Crippen LogP contribution in [-0.4, -0.2) is 0 Å². The van der Waals surface area contributed by atoms with Gasteiger partial charge in [0.2, 0.25) is 0 Å². The highest BCUT2D eigenvalue weighted by molar-refractivity contribution is 5.22. The van der Waals surface area contributed by atoms with Gasteiger partial charge >= 0.3 is 0 Å². The summed E-state index contributed by atoms with van der Waals surface area (Å²) in [5.74, 6) is 8.80. The van der Waals surface area contributed by atoms with Crippen LogP contribution in [0.15, 0.2) is 12.2 Å². The Bertz CT molecular complexity index is 422. The molecule has 4 saturated carbocycles. The molecule has 9 atom stereocenters. The van der Waals surface area contributed by atoms with Gasteiger partial charge < -0.3 is 0 Å². The van der Waals surface area contributed by atoms with E-state index in [2.05, 4.69) is 27.4 Å². The Labute approximate surface area is 131 Å². The van der Waals surface area contributed by atoms with Crippen molar-refractivity contribution < 1.29 is 0 Å². The molecule has 0 heteroatoms. The molecule has 21 heavy (non-hydrogen) atoms. The van der Waals surface area contributed by atoms with Crippen molar-refractivity contribution in [2.75, 3.05) is 0 Å². The molecule has 0 aliphatic heterocycles. The van der Waals surface area contributed by atoms with Crippen LogP contribution < -0.4 is 0 Å². The number of fused-ring (bicyclic) bond motifs is 4. The van der Waals surface area contributed by atoms with Gasteiger partial charge in [-0.1, -0.05) is 58.6 Å². The minimum absolute atomic E-state index is 0.794. The van der Waals surface area contributed by atoms with Gasteiger partial charge in [-0.15, -0.1) is 0 Å². The normalized spacial score (nSPS) is 56.0. The molecule has 0 spiro atoms. The van der Waals surface area contributed by atoms with E-state index in [1.807, 2.05) is 0 Å². The van der Waals surface area contributed by atoms with Crippen LogP contribution in [0.2, 0.25) is 0 Å². The molecule has 4 fully saturated rings. The minimum Gasteiger partial charge on any atom is -0.0993 e. The molecule has 0 radical (unpaired) electrons. The highest BCUT2D eigenvalue weighted by Crippen LogP contribution is 2.65. The van der Waals surface area contributed by atoms with E-state index in [0.717, 1.165) is 53.3 Å². The van der Waals surface area contributed by atoms with Gasteiger partial charge in [0.15, 0.2) is 0 Å². The van der Waals surface area contributed by atoms with Crippen molar-refractivity contribution in [3.63, 3.8) is 0 Å². The Kier molecular flexibility index (Phi) is 3.51. The van der Waals surface area contributed by atoms with E-state index in [4.69, 9.17) is 0 Å². The molecule has 4 rings (SSSR count). The predicted molar refractivity (Wildman–Crippen MR) is 89.9 cm³/mol. The molecule has 0 bridgehead atoms. The summed E-state index contributed by atoms with van der Waals surface area (Å²) < 4.78 is 0. The second kappa shape index (κ2) is 5.14. The lowest BCUT2D eigenvalue weighted by molar-refractivity contribution is 0.0223. The van der Waals surface area contributed by atoms with E-state index < -0.39 is 0 Å². The van der Waals surface area contributed by atoms with Gasteiger partial charge in [-0.3, -0.25) is 0 Å². The number of allylic oxidation sites excluding steroid dienone is 1. The molecule has 0 aromatic carbocycles. The molecule has 0 N–H and O–H groups in total. The Morgan fingerprint density at radius 3 is 2.52 bits per heavy atom. The Balaban J connectivity index is 1.63. The summed E-state index contributed by atoms with van der Waals surface area (Å²) in [5.41, 5.74) is 1.65. The maximum absolute atomic E-state index is 4.61. The lowest BCUT2D eigenvalue weighted by atomic mass is 9.57.